The van der Waals surface area contributed by atoms with Crippen LogP contribution in [0.15, 0.2) is 28.7 Å². The smallest absolute Gasteiger partial charge is 0.372 e. The van der Waals surface area contributed by atoms with Crippen molar-refractivity contribution in [3.05, 3.63) is 34.3 Å². The van der Waals surface area contributed by atoms with Gasteiger partial charge in [-0.25, -0.2) is 0 Å². The van der Waals surface area contributed by atoms with Gasteiger partial charge in [-0.2, -0.15) is 13.2 Å². The Morgan fingerprint density at radius 3 is 2.47 bits per heavy atom. The highest BCUT2D eigenvalue weighted by molar-refractivity contribution is 9.10. The van der Waals surface area contributed by atoms with Crippen molar-refractivity contribution in [3.63, 3.8) is 0 Å². The van der Waals surface area contributed by atoms with Gasteiger partial charge in [-0.05, 0) is 37.6 Å². The fraction of sp³-hybridized carbons (Fsp3) is 0.538. The van der Waals surface area contributed by atoms with Gasteiger partial charge in [0.25, 0.3) is 0 Å². The highest BCUT2D eigenvalue weighted by Crippen LogP contribution is 2.16. The Balaban J connectivity index is 2.14. The minimum Gasteiger partial charge on any atom is -0.372 e. The van der Waals surface area contributed by atoms with Gasteiger partial charge in [0.05, 0.1) is 0 Å². The average Bonchev–Trinajstić information content (AvgIpc) is 2.33. The van der Waals surface area contributed by atoms with Gasteiger partial charge in [-0.15, -0.1) is 0 Å². The Bertz CT molecular complexity index is 367. The number of hydrogen-bond donors (Lipinski definition) is 1. The van der Waals surface area contributed by atoms with E-state index in [0.29, 0.717) is 13.0 Å². The zero-order valence-corrected chi connectivity index (χ0v) is 12.2. The Labute approximate surface area is 119 Å². The summed E-state index contributed by atoms with van der Waals surface area (Å²) in [5, 5.41) is 3.24. The van der Waals surface area contributed by atoms with Crippen LogP contribution in [0.4, 0.5) is 13.2 Å². The van der Waals surface area contributed by atoms with Gasteiger partial charge in [0, 0.05) is 17.1 Å². The van der Waals surface area contributed by atoms with Crippen molar-refractivity contribution in [2.24, 2.45) is 0 Å². The maximum Gasteiger partial charge on any atom is 0.411 e. The van der Waals surface area contributed by atoms with Crippen molar-refractivity contribution < 1.29 is 17.9 Å². The first-order valence-electron chi connectivity index (χ1n) is 6.02. The topological polar surface area (TPSA) is 21.3 Å². The molecule has 0 spiro atoms. The van der Waals surface area contributed by atoms with Crippen molar-refractivity contribution >= 4 is 15.9 Å². The van der Waals surface area contributed by atoms with E-state index in [0.717, 1.165) is 10.0 Å². The summed E-state index contributed by atoms with van der Waals surface area (Å²) in [5.41, 5.74) is 1.14. The van der Waals surface area contributed by atoms with E-state index >= 15 is 0 Å². The van der Waals surface area contributed by atoms with Crippen LogP contribution < -0.4 is 5.32 Å². The number of nitrogens with one attached hydrogen (secondary N) is 1. The molecule has 0 aliphatic heterocycles. The summed E-state index contributed by atoms with van der Waals surface area (Å²) in [4.78, 5) is 0. The van der Waals surface area contributed by atoms with Gasteiger partial charge in [-0.1, -0.05) is 28.1 Å². The van der Waals surface area contributed by atoms with Gasteiger partial charge in [0.1, 0.15) is 6.61 Å². The van der Waals surface area contributed by atoms with Crippen LogP contribution in [-0.2, 0) is 4.74 Å². The van der Waals surface area contributed by atoms with Crippen molar-refractivity contribution in [2.75, 3.05) is 19.8 Å². The SMILES string of the molecule is C[C@@H](NCCCOCC(F)(F)F)c1ccc(Br)cc1. The summed E-state index contributed by atoms with van der Waals surface area (Å²) in [6, 6.07) is 8.08. The molecule has 0 saturated carbocycles. The minimum absolute atomic E-state index is 0.111. The summed E-state index contributed by atoms with van der Waals surface area (Å²) in [7, 11) is 0. The molecule has 0 aliphatic carbocycles. The largest absolute Gasteiger partial charge is 0.411 e. The van der Waals surface area contributed by atoms with Gasteiger partial charge < -0.3 is 10.1 Å². The lowest BCUT2D eigenvalue weighted by Crippen LogP contribution is -2.22. The second kappa shape index (κ2) is 7.87. The standard InChI is InChI=1S/C13H17BrF3NO/c1-10(11-3-5-12(14)6-4-11)18-7-2-8-19-9-13(15,16)17/h3-6,10,18H,2,7-9H2,1H3/t10-/m1/s1. The molecular formula is C13H17BrF3NO. The van der Waals surface area contributed by atoms with Crippen molar-refractivity contribution in [2.45, 2.75) is 25.6 Å². The van der Waals surface area contributed by atoms with Crippen molar-refractivity contribution in [3.8, 4) is 0 Å². The lowest BCUT2D eigenvalue weighted by atomic mass is 10.1. The summed E-state index contributed by atoms with van der Waals surface area (Å²) < 4.78 is 41.0. The molecule has 0 fully saturated rings. The van der Waals surface area contributed by atoms with E-state index in [4.69, 9.17) is 0 Å². The number of rotatable bonds is 7. The number of benzene rings is 1. The lowest BCUT2D eigenvalue weighted by molar-refractivity contribution is -0.173. The Morgan fingerprint density at radius 1 is 1.26 bits per heavy atom. The maximum atomic E-state index is 11.8. The number of hydrogen-bond acceptors (Lipinski definition) is 2. The van der Waals surface area contributed by atoms with Crippen molar-refractivity contribution in [1.29, 1.82) is 0 Å². The molecule has 0 aliphatic rings. The summed E-state index contributed by atoms with van der Waals surface area (Å²) in [5.74, 6) is 0. The molecule has 6 heteroatoms. The van der Waals surface area contributed by atoms with Crippen LogP contribution in [0.3, 0.4) is 0 Å². The minimum atomic E-state index is -4.24. The maximum absolute atomic E-state index is 11.8. The molecule has 0 amide bonds. The van der Waals surface area contributed by atoms with E-state index in [-0.39, 0.29) is 12.6 Å². The van der Waals surface area contributed by atoms with E-state index in [2.05, 4.69) is 26.0 Å². The van der Waals surface area contributed by atoms with Crippen LogP contribution >= 0.6 is 15.9 Å². The van der Waals surface area contributed by atoms with Gasteiger partial charge in [0.15, 0.2) is 0 Å². The van der Waals surface area contributed by atoms with Crippen LogP contribution in [0.25, 0.3) is 0 Å². The molecule has 19 heavy (non-hydrogen) atoms. The Hall–Kier alpha value is -0.590. The van der Waals surface area contributed by atoms with Crippen LogP contribution in [0.1, 0.15) is 24.9 Å². The Kier molecular flexibility index (Phi) is 6.82. The zero-order valence-electron chi connectivity index (χ0n) is 10.6. The molecule has 0 saturated heterocycles. The highest BCUT2D eigenvalue weighted by atomic mass is 79.9. The zero-order chi connectivity index (χ0) is 14.3. The first-order chi connectivity index (χ1) is 8.88. The first-order valence-corrected chi connectivity index (χ1v) is 6.81. The predicted octanol–water partition coefficient (Wildman–Crippen LogP) is 4.07. The van der Waals surface area contributed by atoms with E-state index in [1.165, 1.54) is 0 Å². The number of halogens is 4. The van der Waals surface area contributed by atoms with Crippen LogP contribution in [0, 0.1) is 0 Å². The van der Waals surface area contributed by atoms with Crippen LogP contribution in [-0.4, -0.2) is 25.9 Å². The summed E-state index contributed by atoms with van der Waals surface area (Å²) in [6.45, 7) is 1.57. The summed E-state index contributed by atoms with van der Waals surface area (Å²) in [6.07, 6.45) is -3.69. The molecular weight excluding hydrogens is 323 g/mol. The monoisotopic (exact) mass is 339 g/mol. The molecule has 1 N–H and O–H groups in total. The third-order valence-electron chi connectivity index (χ3n) is 2.55. The molecule has 1 rings (SSSR count). The molecule has 1 atom stereocenters. The summed E-state index contributed by atoms with van der Waals surface area (Å²) >= 11 is 3.36. The molecule has 0 heterocycles. The molecule has 108 valence electrons. The molecule has 1 aromatic rings. The van der Waals surface area contributed by atoms with Crippen molar-refractivity contribution in [1.82, 2.24) is 5.32 Å². The predicted molar refractivity (Wildman–Crippen MR) is 72.1 cm³/mol. The molecule has 0 unspecified atom stereocenters. The molecule has 0 radical (unpaired) electrons. The second-order valence-corrected chi connectivity index (χ2v) is 5.16. The van der Waals surface area contributed by atoms with Crippen LogP contribution in [0.2, 0.25) is 0 Å². The molecule has 2 nitrogen and oxygen atoms in total. The highest BCUT2D eigenvalue weighted by Gasteiger charge is 2.27. The third kappa shape index (κ3) is 7.54. The number of ether oxygens (including phenoxy) is 1. The Morgan fingerprint density at radius 2 is 1.89 bits per heavy atom. The van der Waals surface area contributed by atoms with E-state index in [1.807, 2.05) is 31.2 Å². The second-order valence-electron chi connectivity index (χ2n) is 4.25. The van der Waals surface area contributed by atoms with E-state index in [1.54, 1.807) is 0 Å². The van der Waals surface area contributed by atoms with E-state index < -0.39 is 12.8 Å². The quantitative estimate of drug-likeness (QED) is 0.756. The van der Waals surface area contributed by atoms with Gasteiger partial charge in [0.2, 0.25) is 0 Å². The van der Waals surface area contributed by atoms with Gasteiger partial charge >= 0.3 is 6.18 Å². The lowest BCUT2D eigenvalue weighted by Gasteiger charge is -2.14. The van der Waals surface area contributed by atoms with Crippen LogP contribution in [0.5, 0.6) is 0 Å². The molecule has 1 aromatic carbocycles. The normalized spacial score (nSPS) is 13.5. The molecule has 0 aromatic heterocycles. The van der Waals surface area contributed by atoms with Gasteiger partial charge in [-0.3, -0.25) is 0 Å². The fourth-order valence-corrected chi connectivity index (χ4v) is 1.81. The van der Waals surface area contributed by atoms with E-state index in [9.17, 15) is 13.2 Å². The number of alkyl halides is 3. The third-order valence-corrected chi connectivity index (χ3v) is 3.08. The molecule has 0 bridgehead atoms. The average molecular weight is 340 g/mol. The fourth-order valence-electron chi connectivity index (χ4n) is 1.55. The first kappa shape index (κ1) is 16.5.